The molecule has 0 aliphatic carbocycles. The molecule has 1 unspecified atom stereocenters. The molecule has 24 heavy (non-hydrogen) atoms. The minimum Gasteiger partial charge on any atom is -0.506 e. The predicted octanol–water partition coefficient (Wildman–Crippen LogP) is 0.794. The first-order chi connectivity index (χ1) is 11.5. The molecule has 3 rings (SSSR count). The van der Waals surface area contributed by atoms with E-state index < -0.39 is 16.3 Å². The molecule has 0 amide bonds. The standard InChI is InChI=1S/C16H17N3O4S/c20-11-14-10-19(24(22,23)18-14)15-8-12(5-6-16(15)21)3-4-13-2-1-7-17-9-13/h1-2,5-9,11,14,18,21H,3-4,10H2. The number of carbonyl (C=O) groups is 1. The fourth-order valence-corrected chi connectivity index (χ4v) is 4.03. The Hall–Kier alpha value is -2.45. The highest BCUT2D eigenvalue weighted by atomic mass is 32.2. The van der Waals surface area contributed by atoms with Crippen LogP contribution in [-0.2, 0) is 27.8 Å². The maximum atomic E-state index is 12.1. The molecule has 0 spiro atoms. The van der Waals surface area contributed by atoms with Gasteiger partial charge < -0.3 is 9.90 Å². The van der Waals surface area contributed by atoms with E-state index >= 15 is 0 Å². The van der Waals surface area contributed by atoms with Crippen molar-refractivity contribution < 1.29 is 18.3 Å². The molecule has 2 aromatic rings. The van der Waals surface area contributed by atoms with Crippen LogP contribution >= 0.6 is 0 Å². The smallest absolute Gasteiger partial charge is 0.302 e. The zero-order valence-electron chi connectivity index (χ0n) is 12.8. The zero-order valence-corrected chi connectivity index (χ0v) is 13.6. The summed E-state index contributed by atoms with van der Waals surface area (Å²) < 4.78 is 27.5. The third-order valence-corrected chi connectivity index (χ3v) is 5.38. The monoisotopic (exact) mass is 347 g/mol. The number of aryl methyl sites for hydroxylation is 2. The van der Waals surface area contributed by atoms with Gasteiger partial charge in [-0.2, -0.15) is 13.1 Å². The molecule has 0 radical (unpaired) electrons. The summed E-state index contributed by atoms with van der Waals surface area (Å²) in [5, 5.41) is 10.0. The van der Waals surface area contributed by atoms with Gasteiger partial charge >= 0.3 is 10.2 Å². The molecule has 8 heteroatoms. The Morgan fingerprint density at radius 2 is 2.08 bits per heavy atom. The average molecular weight is 347 g/mol. The second-order valence-corrected chi connectivity index (χ2v) is 7.21. The summed E-state index contributed by atoms with van der Waals surface area (Å²) in [7, 11) is -3.83. The van der Waals surface area contributed by atoms with E-state index in [0.717, 1.165) is 21.9 Å². The molecule has 1 saturated heterocycles. The third-order valence-electron chi connectivity index (χ3n) is 3.85. The fraction of sp³-hybridized carbons (Fsp3) is 0.250. The van der Waals surface area contributed by atoms with Crippen molar-refractivity contribution in [3.63, 3.8) is 0 Å². The van der Waals surface area contributed by atoms with E-state index in [1.807, 2.05) is 12.1 Å². The minimum atomic E-state index is -3.83. The number of pyridine rings is 1. The molecule has 126 valence electrons. The molecule has 0 bridgehead atoms. The highest BCUT2D eigenvalue weighted by Crippen LogP contribution is 2.32. The van der Waals surface area contributed by atoms with Crippen molar-refractivity contribution in [2.75, 3.05) is 10.8 Å². The van der Waals surface area contributed by atoms with Crippen molar-refractivity contribution in [1.82, 2.24) is 9.71 Å². The van der Waals surface area contributed by atoms with Crippen LogP contribution in [0.1, 0.15) is 11.1 Å². The van der Waals surface area contributed by atoms with Crippen molar-refractivity contribution >= 4 is 22.2 Å². The number of carbonyl (C=O) groups excluding carboxylic acids is 1. The Morgan fingerprint density at radius 1 is 1.29 bits per heavy atom. The number of benzene rings is 1. The molecule has 2 N–H and O–H groups in total. The Morgan fingerprint density at radius 3 is 2.75 bits per heavy atom. The number of phenols is 1. The van der Waals surface area contributed by atoms with Crippen molar-refractivity contribution in [2.45, 2.75) is 18.9 Å². The summed E-state index contributed by atoms with van der Waals surface area (Å²) in [6.45, 7) is -0.0363. The lowest BCUT2D eigenvalue weighted by atomic mass is 10.0. The maximum absolute atomic E-state index is 12.1. The molecule has 7 nitrogen and oxygen atoms in total. The van der Waals surface area contributed by atoms with Crippen LogP contribution in [0.15, 0.2) is 42.7 Å². The molecule has 2 heterocycles. The lowest BCUT2D eigenvalue weighted by Crippen LogP contribution is -2.30. The normalized spacial score (nSPS) is 19.3. The number of aromatic hydroxyl groups is 1. The van der Waals surface area contributed by atoms with Crippen LogP contribution in [0.4, 0.5) is 5.69 Å². The number of nitrogens with one attached hydrogen (secondary N) is 1. The van der Waals surface area contributed by atoms with Gasteiger partial charge in [0.05, 0.1) is 18.3 Å². The van der Waals surface area contributed by atoms with E-state index in [-0.39, 0.29) is 18.0 Å². The SMILES string of the molecule is O=CC1CN(c2cc(CCc3cccnc3)ccc2O)S(=O)(=O)N1. The van der Waals surface area contributed by atoms with E-state index in [4.69, 9.17) is 0 Å². The summed E-state index contributed by atoms with van der Waals surface area (Å²) in [6, 6.07) is 7.88. The van der Waals surface area contributed by atoms with Crippen LogP contribution < -0.4 is 9.03 Å². The summed E-state index contributed by atoms with van der Waals surface area (Å²) in [4.78, 5) is 14.9. The molecule has 0 saturated carbocycles. The second-order valence-electron chi connectivity index (χ2n) is 5.58. The average Bonchev–Trinajstić information content (AvgIpc) is 2.89. The van der Waals surface area contributed by atoms with E-state index in [2.05, 4.69) is 9.71 Å². The Balaban J connectivity index is 1.83. The minimum absolute atomic E-state index is 0.0363. The molecule has 1 fully saturated rings. The van der Waals surface area contributed by atoms with Crippen molar-refractivity contribution in [1.29, 1.82) is 0 Å². The van der Waals surface area contributed by atoms with Crippen LogP contribution in [0.2, 0.25) is 0 Å². The lowest BCUT2D eigenvalue weighted by molar-refractivity contribution is -0.108. The summed E-state index contributed by atoms with van der Waals surface area (Å²) in [5.41, 5.74) is 2.13. The van der Waals surface area contributed by atoms with Crippen LogP contribution in [0, 0.1) is 0 Å². The van der Waals surface area contributed by atoms with E-state index in [1.165, 1.54) is 6.07 Å². The number of rotatable bonds is 5. The fourth-order valence-electron chi connectivity index (χ4n) is 2.63. The van der Waals surface area contributed by atoms with Crippen LogP contribution in [0.3, 0.4) is 0 Å². The van der Waals surface area contributed by atoms with Crippen molar-refractivity contribution in [3.05, 3.63) is 53.9 Å². The Labute approximate surface area is 140 Å². The maximum Gasteiger partial charge on any atom is 0.302 e. The highest BCUT2D eigenvalue weighted by Gasteiger charge is 2.36. The van der Waals surface area contributed by atoms with Gasteiger partial charge in [-0.15, -0.1) is 0 Å². The Bertz CT molecular complexity index is 840. The van der Waals surface area contributed by atoms with E-state index in [1.54, 1.807) is 24.5 Å². The quantitative estimate of drug-likeness (QED) is 0.779. The topological polar surface area (TPSA) is 99.6 Å². The van der Waals surface area contributed by atoms with Crippen LogP contribution in [-0.4, -0.2) is 37.4 Å². The number of nitrogens with zero attached hydrogens (tertiary/aromatic N) is 2. The van der Waals surface area contributed by atoms with Gasteiger partial charge in [0.1, 0.15) is 12.0 Å². The van der Waals surface area contributed by atoms with Crippen LogP contribution in [0.5, 0.6) is 5.75 Å². The van der Waals surface area contributed by atoms with Crippen LogP contribution in [0.25, 0.3) is 0 Å². The van der Waals surface area contributed by atoms with Gasteiger partial charge in [-0.25, -0.2) is 0 Å². The molecule has 1 aromatic heterocycles. The van der Waals surface area contributed by atoms with Gasteiger partial charge in [0.25, 0.3) is 0 Å². The molecular formula is C16H17N3O4S. The van der Waals surface area contributed by atoms with Gasteiger partial charge in [0, 0.05) is 12.4 Å². The molecule has 1 aromatic carbocycles. The number of phenolic OH excluding ortho intramolecular Hbond substituents is 1. The molecule has 1 aliphatic heterocycles. The summed E-state index contributed by atoms with van der Waals surface area (Å²) in [6.07, 6.45) is 5.46. The first kappa shape index (κ1) is 16.4. The largest absolute Gasteiger partial charge is 0.506 e. The lowest BCUT2D eigenvalue weighted by Gasteiger charge is -2.18. The van der Waals surface area contributed by atoms with Gasteiger partial charge in [-0.05, 0) is 42.2 Å². The first-order valence-corrected chi connectivity index (χ1v) is 8.90. The van der Waals surface area contributed by atoms with Gasteiger partial charge in [0.15, 0.2) is 0 Å². The van der Waals surface area contributed by atoms with Gasteiger partial charge in [0.2, 0.25) is 0 Å². The van der Waals surface area contributed by atoms with E-state index in [9.17, 15) is 18.3 Å². The number of hydrogen-bond acceptors (Lipinski definition) is 5. The second kappa shape index (κ2) is 6.58. The summed E-state index contributed by atoms with van der Waals surface area (Å²) in [5.74, 6) is -0.142. The van der Waals surface area contributed by atoms with E-state index in [0.29, 0.717) is 12.7 Å². The first-order valence-electron chi connectivity index (χ1n) is 7.45. The molecular weight excluding hydrogens is 330 g/mol. The Kier molecular flexibility index (Phi) is 4.50. The predicted molar refractivity (Wildman–Crippen MR) is 89.0 cm³/mol. The number of anilines is 1. The van der Waals surface area contributed by atoms with Crippen molar-refractivity contribution in [3.8, 4) is 5.75 Å². The zero-order chi connectivity index (χ0) is 17.2. The van der Waals surface area contributed by atoms with Gasteiger partial charge in [-0.1, -0.05) is 12.1 Å². The number of aromatic nitrogens is 1. The van der Waals surface area contributed by atoms with Gasteiger partial charge in [-0.3, -0.25) is 9.29 Å². The number of aldehydes is 1. The highest BCUT2D eigenvalue weighted by molar-refractivity contribution is 7.91. The molecule has 1 aliphatic rings. The number of hydrogen-bond donors (Lipinski definition) is 2. The summed E-state index contributed by atoms with van der Waals surface area (Å²) >= 11 is 0. The van der Waals surface area contributed by atoms with Crippen molar-refractivity contribution in [2.24, 2.45) is 0 Å². The molecule has 1 atom stereocenters. The third kappa shape index (κ3) is 3.39.